The molecule has 1 saturated heterocycles. The summed E-state index contributed by atoms with van der Waals surface area (Å²) in [6.45, 7) is 4.07. The Morgan fingerprint density at radius 1 is 0.853 bits per heavy atom. The molecular weight excluding hydrogens is 440 g/mol. The molecule has 0 aliphatic carbocycles. The number of methoxy groups -OCH3 is 1. The summed E-state index contributed by atoms with van der Waals surface area (Å²) in [4.78, 5) is 20.8. The van der Waals surface area contributed by atoms with Gasteiger partial charge >= 0.3 is 0 Å². The first kappa shape index (κ1) is 22.0. The number of hydrogen-bond donors (Lipinski definition) is 0. The summed E-state index contributed by atoms with van der Waals surface area (Å²) in [6, 6.07) is 28.0. The number of aliphatic imine (C=N–C) groups is 1. The Balaban J connectivity index is 1.64. The maximum atomic E-state index is 13.7. The van der Waals surface area contributed by atoms with Gasteiger partial charge in [-0.1, -0.05) is 65.7 Å². The molecule has 34 heavy (non-hydrogen) atoms. The minimum Gasteiger partial charge on any atom is -0.496 e. The summed E-state index contributed by atoms with van der Waals surface area (Å²) >= 11 is 1.38. The Morgan fingerprint density at radius 2 is 1.53 bits per heavy atom. The van der Waals surface area contributed by atoms with Gasteiger partial charge in [0.2, 0.25) is 0 Å². The first-order chi connectivity index (χ1) is 16.5. The third-order valence-electron chi connectivity index (χ3n) is 5.78. The van der Waals surface area contributed by atoms with Gasteiger partial charge in [0.05, 0.1) is 23.4 Å². The first-order valence-corrected chi connectivity index (χ1v) is 11.9. The number of carbonyl (C=O) groups is 1. The van der Waals surface area contributed by atoms with E-state index >= 15 is 0 Å². The van der Waals surface area contributed by atoms with Crippen molar-refractivity contribution < 1.29 is 9.53 Å². The second-order valence-electron chi connectivity index (χ2n) is 8.22. The molecule has 1 heterocycles. The number of carbonyl (C=O) groups excluding carboxylic acids is 1. The molecule has 0 unspecified atom stereocenters. The van der Waals surface area contributed by atoms with Gasteiger partial charge in [0.1, 0.15) is 5.75 Å². The predicted octanol–water partition coefficient (Wildman–Crippen LogP) is 7.27. The molecule has 4 nitrogen and oxygen atoms in total. The summed E-state index contributed by atoms with van der Waals surface area (Å²) < 4.78 is 5.65. The lowest BCUT2D eigenvalue weighted by Gasteiger charge is -2.16. The monoisotopic (exact) mass is 464 g/mol. The molecule has 0 saturated carbocycles. The molecule has 168 valence electrons. The third-order valence-corrected chi connectivity index (χ3v) is 6.75. The number of benzene rings is 4. The number of hydrogen-bond acceptors (Lipinski definition) is 4. The Bertz CT molecular complexity index is 1440. The average molecular weight is 465 g/mol. The SMILES string of the molecule is COc1ccc2ccccc2c1/C=C1/SC(=Nc2ccc(C)cc2)N(c2ccc(C)cc2)C1=O. The number of ether oxygens (including phenoxy) is 1. The van der Waals surface area contributed by atoms with Crippen LogP contribution in [0.2, 0.25) is 0 Å². The van der Waals surface area contributed by atoms with Crippen molar-refractivity contribution in [2.45, 2.75) is 13.8 Å². The molecule has 0 spiro atoms. The minimum atomic E-state index is -0.102. The van der Waals surface area contributed by atoms with Crippen molar-refractivity contribution in [1.29, 1.82) is 0 Å². The highest BCUT2D eigenvalue weighted by Gasteiger charge is 2.35. The molecule has 0 aromatic heterocycles. The quantitative estimate of drug-likeness (QED) is 0.298. The summed E-state index contributed by atoms with van der Waals surface area (Å²) in [5.74, 6) is 0.625. The van der Waals surface area contributed by atoms with Crippen LogP contribution in [0.3, 0.4) is 0 Å². The number of thioether (sulfide) groups is 1. The zero-order valence-electron chi connectivity index (χ0n) is 19.3. The Hall–Kier alpha value is -3.83. The molecular formula is C29H24N2O2S. The second-order valence-corrected chi connectivity index (χ2v) is 9.23. The smallest absolute Gasteiger partial charge is 0.271 e. The first-order valence-electron chi connectivity index (χ1n) is 11.1. The van der Waals surface area contributed by atoms with E-state index in [0.29, 0.717) is 10.1 Å². The number of aryl methyl sites for hydroxylation is 2. The van der Waals surface area contributed by atoms with E-state index in [4.69, 9.17) is 9.73 Å². The zero-order chi connectivity index (χ0) is 23.7. The topological polar surface area (TPSA) is 41.9 Å². The molecule has 0 N–H and O–H groups in total. The van der Waals surface area contributed by atoms with Crippen LogP contribution in [-0.2, 0) is 4.79 Å². The largest absolute Gasteiger partial charge is 0.496 e. The third kappa shape index (κ3) is 4.22. The highest BCUT2D eigenvalue weighted by atomic mass is 32.2. The summed E-state index contributed by atoms with van der Waals surface area (Å²) in [7, 11) is 1.65. The fourth-order valence-corrected chi connectivity index (χ4v) is 4.92. The van der Waals surface area contributed by atoms with Crippen molar-refractivity contribution in [3.8, 4) is 5.75 Å². The van der Waals surface area contributed by atoms with E-state index in [-0.39, 0.29) is 5.91 Å². The number of fused-ring (bicyclic) bond motifs is 1. The molecule has 1 amide bonds. The van der Waals surface area contributed by atoms with Crippen LogP contribution in [0, 0.1) is 13.8 Å². The van der Waals surface area contributed by atoms with Gasteiger partial charge in [-0.25, -0.2) is 4.99 Å². The summed E-state index contributed by atoms with van der Waals surface area (Å²) in [5.41, 5.74) is 4.79. The maximum Gasteiger partial charge on any atom is 0.271 e. The zero-order valence-corrected chi connectivity index (χ0v) is 20.1. The van der Waals surface area contributed by atoms with E-state index in [1.54, 1.807) is 12.0 Å². The van der Waals surface area contributed by atoms with Gasteiger partial charge in [-0.3, -0.25) is 9.69 Å². The van der Waals surface area contributed by atoms with Crippen LogP contribution in [0.15, 0.2) is 94.8 Å². The van der Waals surface area contributed by atoms with Gasteiger partial charge < -0.3 is 4.74 Å². The fourth-order valence-electron chi connectivity index (χ4n) is 3.93. The standard InChI is InChI=1S/C29H24N2O2S/c1-19-8-13-22(14-9-19)30-29-31(23-15-10-20(2)11-16-23)28(32)27(34-29)18-25-24-7-5-4-6-21(24)12-17-26(25)33-3/h4-18H,1-3H3/b27-18+,30-29?. The number of amidine groups is 1. The Kier molecular flexibility index (Phi) is 5.95. The number of amides is 1. The van der Waals surface area contributed by atoms with Crippen LogP contribution in [0.25, 0.3) is 16.8 Å². The molecule has 5 heteroatoms. The lowest BCUT2D eigenvalue weighted by molar-refractivity contribution is -0.113. The highest BCUT2D eigenvalue weighted by molar-refractivity contribution is 8.19. The molecule has 0 bridgehead atoms. The number of rotatable bonds is 4. The highest BCUT2D eigenvalue weighted by Crippen LogP contribution is 2.39. The Labute approximate surface area is 203 Å². The maximum absolute atomic E-state index is 13.7. The van der Waals surface area contributed by atoms with Crippen LogP contribution in [0.1, 0.15) is 16.7 Å². The Morgan fingerprint density at radius 3 is 2.24 bits per heavy atom. The molecule has 4 aromatic carbocycles. The van der Waals surface area contributed by atoms with E-state index in [2.05, 4.69) is 6.07 Å². The summed E-state index contributed by atoms with van der Waals surface area (Å²) in [5, 5.41) is 2.76. The van der Waals surface area contributed by atoms with Crippen molar-refractivity contribution >= 4 is 51.1 Å². The van der Waals surface area contributed by atoms with Gasteiger partial charge in [0, 0.05) is 5.56 Å². The van der Waals surface area contributed by atoms with Gasteiger partial charge in [0.25, 0.3) is 5.91 Å². The molecule has 1 fully saturated rings. The molecule has 1 aliphatic heterocycles. The average Bonchev–Trinajstić information content (AvgIpc) is 3.15. The van der Waals surface area contributed by atoms with Crippen molar-refractivity contribution in [2.24, 2.45) is 4.99 Å². The van der Waals surface area contributed by atoms with Crippen LogP contribution in [-0.4, -0.2) is 18.2 Å². The summed E-state index contributed by atoms with van der Waals surface area (Å²) in [6.07, 6.45) is 1.92. The van der Waals surface area contributed by atoms with E-state index < -0.39 is 0 Å². The van der Waals surface area contributed by atoms with Crippen molar-refractivity contribution in [3.63, 3.8) is 0 Å². The van der Waals surface area contributed by atoms with E-state index in [1.165, 1.54) is 11.8 Å². The lowest BCUT2D eigenvalue weighted by atomic mass is 10.0. The van der Waals surface area contributed by atoms with E-state index in [9.17, 15) is 4.79 Å². The minimum absolute atomic E-state index is 0.102. The van der Waals surface area contributed by atoms with Gasteiger partial charge in [-0.2, -0.15) is 0 Å². The van der Waals surface area contributed by atoms with Gasteiger partial charge in [-0.05, 0) is 72.8 Å². The van der Waals surface area contributed by atoms with Crippen LogP contribution >= 0.6 is 11.8 Å². The van der Waals surface area contributed by atoms with Gasteiger partial charge in [-0.15, -0.1) is 0 Å². The number of nitrogens with zero attached hydrogens (tertiary/aromatic N) is 2. The van der Waals surface area contributed by atoms with Crippen LogP contribution in [0.4, 0.5) is 11.4 Å². The normalized spacial score (nSPS) is 16.1. The van der Waals surface area contributed by atoms with E-state index in [0.717, 1.165) is 44.6 Å². The predicted molar refractivity (Wildman–Crippen MR) is 143 cm³/mol. The van der Waals surface area contributed by atoms with E-state index in [1.807, 2.05) is 98.8 Å². The number of anilines is 1. The second kappa shape index (κ2) is 9.20. The molecule has 0 atom stereocenters. The molecule has 5 rings (SSSR count). The van der Waals surface area contributed by atoms with Crippen molar-refractivity contribution in [3.05, 3.63) is 107 Å². The fraction of sp³-hybridized carbons (Fsp3) is 0.103. The van der Waals surface area contributed by atoms with Crippen molar-refractivity contribution in [1.82, 2.24) is 0 Å². The molecule has 1 aliphatic rings. The van der Waals surface area contributed by atoms with Gasteiger partial charge in [0.15, 0.2) is 5.17 Å². The van der Waals surface area contributed by atoms with Crippen LogP contribution in [0.5, 0.6) is 5.75 Å². The molecule has 4 aromatic rings. The van der Waals surface area contributed by atoms with Crippen molar-refractivity contribution in [2.75, 3.05) is 12.0 Å². The molecule has 0 radical (unpaired) electrons. The van der Waals surface area contributed by atoms with Crippen LogP contribution < -0.4 is 9.64 Å². The lowest BCUT2D eigenvalue weighted by Crippen LogP contribution is -2.28.